The number of benzene rings is 1. The number of nitrogens with zero attached hydrogens (tertiary/aromatic N) is 3. The predicted octanol–water partition coefficient (Wildman–Crippen LogP) is 2.09. The van der Waals surface area contributed by atoms with E-state index in [1.165, 1.54) is 29.9 Å². The molecule has 5 rings (SSSR count). The van der Waals surface area contributed by atoms with E-state index in [0.29, 0.717) is 27.9 Å². The molecule has 0 saturated carbocycles. The molecular formula is C23H19N3O8. The van der Waals surface area contributed by atoms with Crippen molar-refractivity contribution in [2.45, 2.75) is 38.0 Å². The zero-order chi connectivity index (χ0) is 24.4. The number of fused-ring (bicyclic) bond motifs is 5. The van der Waals surface area contributed by atoms with Gasteiger partial charge in [0, 0.05) is 28.6 Å². The first-order valence-electron chi connectivity index (χ1n) is 10.5. The van der Waals surface area contributed by atoms with E-state index >= 15 is 0 Å². The number of methoxy groups -OCH3 is 1. The molecule has 2 aliphatic heterocycles. The van der Waals surface area contributed by atoms with Crippen LogP contribution in [-0.2, 0) is 31.3 Å². The molecule has 1 aromatic carbocycles. The van der Waals surface area contributed by atoms with Gasteiger partial charge in [-0.25, -0.2) is 9.78 Å². The van der Waals surface area contributed by atoms with Crippen LogP contribution in [0.1, 0.15) is 42.5 Å². The zero-order valence-electron chi connectivity index (χ0n) is 18.2. The summed E-state index contributed by atoms with van der Waals surface area (Å²) in [6.07, 6.45) is -0.190. The number of hydrogen-bond acceptors (Lipinski definition) is 9. The van der Waals surface area contributed by atoms with E-state index in [4.69, 9.17) is 9.47 Å². The van der Waals surface area contributed by atoms with Crippen molar-refractivity contribution in [1.29, 1.82) is 0 Å². The number of carbonyl (C=O) groups excluding carboxylic acids is 2. The normalized spacial score (nSPS) is 20.3. The summed E-state index contributed by atoms with van der Waals surface area (Å²) < 4.78 is 11.3. The van der Waals surface area contributed by atoms with Crippen molar-refractivity contribution in [2.24, 2.45) is 0 Å². The summed E-state index contributed by atoms with van der Waals surface area (Å²) in [4.78, 5) is 53.5. The molecule has 0 spiro atoms. The molecule has 0 radical (unpaired) electrons. The maximum absolute atomic E-state index is 13.6. The van der Waals surface area contributed by atoms with Gasteiger partial charge >= 0.3 is 11.9 Å². The molecule has 0 saturated heterocycles. The maximum atomic E-state index is 13.6. The third kappa shape index (κ3) is 2.93. The van der Waals surface area contributed by atoms with Gasteiger partial charge in [0.15, 0.2) is 5.60 Å². The molecule has 0 bridgehead atoms. The van der Waals surface area contributed by atoms with Crippen LogP contribution in [0.5, 0.6) is 0 Å². The van der Waals surface area contributed by atoms with E-state index in [0.717, 1.165) is 0 Å². The monoisotopic (exact) mass is 465 g/mol. The molecule has 4 heterocycles. The summed E-state index contributed by atoms with van der Waals surface area (Å²) in [5, 5.41) is 22.7. The number of aromatic nitrogens is 2. The Hall–Kier alpha value is -4.12. The first kappa shape index (κ1) is 21.7. The van der Waals surface area contributed by atoms with Crippen molar-refractivity contribution < 1.29 is 29.1 Å². The van der Waals surface area contributed by atoms with E-state index in [2.05, 4.69) is 4.98 Å². The molecular weight excluding hydrogens is 446 g/mol. The minimum atomic E-state index is -1.99. The second kappa shape index (κ2) is 7.45. The average Bonchev–Trinajstić information content (AvgIpc) is 3.12. The summed E-state index contributed by atoms with van der Waals surface area (Å²) in [6, 6.07) is 6.62. The first-order valence-corrected chi connectivity index (χ1v) is 10.5. The van der Waals surface area contributed by atoms with E-state index in [1.54, 1.807) is 19.1 Å². The Morgan fingerprint density at radius 3 is 2.79 bits per heavy atom. The molecule has 0 fully saturated rings. The quantitative estimate of drug-likeness (QED) is 0.347. The van der Waals surface area contributed by atoms with Crippen molar-refractivity contribution in [2.75, 3.05) is 7.11 Å². The molecule has 34 heavy (non-hydrogen) atoms. The molecule has 2 atom stereocenters. The lowest BCUT2D eigenvalue weighted by Crippen LogP contribution is -2.44. The number of cyclic esters (lactones) is 1. The highest BCUT2D eigenvalue weighted by Crippen LogP contribution is 2.44. The third-order valence-electron chi connectivity index (χ3n) is 6.52. The van der Waals surface area contributed by atoms with Gasteiger partial charge in [-0.3, -0.25) is 24.3 Å². The van der Waals surface area contributed by atoms with Gasteiger partial charge in [0.2, 0.25) is 0 Å². The molecule has 11 heteroatoms. The Bertz CT molecular complexity index is 1480. The van der Waals surface area contributed by atoms with Crippen LogP contribution in [0.4, 0.5) is 5.69 Å². The van der Waals surface area contributed by atoms with Crippen LogP contribution < -0.4 is 5.56 Å². The number of carbonyl (C=O) groups is 2. The van der Waals surface area contributed by atoms with Crippen molar-refractivity contribution in [3.8, 4) is 11.4 Å². The van der Waals surface area contributed by atoms with Gasteiger partial charge in [0.1, 0.15) is 6.61 Å². The lowest BCUT2D eigenvalue weighted by Gasteiger charge is -2.32. The van der Waals surface area contributed by atoms with Gasteiger partial charge < -0.3 is 14.6 Å². The van der Waals surface area contributed by atoms with Crippen LogP contribution in [-0.4, -0.2) is 38.6 Å². The highest BCUT2D eigenvalue weighted by atomic mass is 16.6. The number of hydrogen-bond donors (Lipinski definition) is 1. The summed E-state index contributed by atoms with van der Waals surface area (Å²) >= 11 is 0. The number of esters is 2. The summed E-state index contributed by atoms with van der Waals surface area (Å²) in [6.45, 7) is 1.30. The fraction of sp³-hybridized carbons (Fsp3) is 0.304. The molecule has 1 N–H and O–H groups in total. The molecule has 0 amide bonds. The number of pyridine rings is 2. The Morgan fingerprint density at radius 1 is 1.35 bits per heavy atom. The van der Waals surface area contributed by atoms with Gasteiger partial charge in [0.05, 0.1) is 47.0 Å². The molecule has 2 aromatic heterocycles. The van der Waals surface area contributed by atoms with E-state index < -0.39 is 34.1 Å². The smallest absolute Gasteiger partial charge is 0.343 e. The lowest BCUT2D eigenvalue weighted by molar-refractivity contribution is -0.384. The summed E-state index contributed by atoms with van der Waals surface area (Å²) in [7, 11) is 1.23. The van der Waals surface area contributed by atoms with Crippen LogP contribution >= 0.6 is 0 Å². The molecule has 2 aliphatic rings. The van der Waals surface area contributed by atoms with Gasteiger partial charge in [-0.05, 0) is 24.6 Å². The lowest BCUT2D eigenvalue weighted by atomic mass is 9.86. The van der Waals surface area contributed by atoms with Crippen LogP contribution in [0.15, 0.2) is 35.1 Å². The molecule has 1 unspecified atom stereocenters. The van der Waals surface area contributed by atoms with Crippen LogP contribution in [0.2, 0.25) is 0 Å². The van der Waals surface area contributed by atoms with Crippen LogP contribution in [0.25, 0.3) is 22.3 Å². The fourth-order valence-corrected chi connectivity index (χ4v) is 4.70. The summed E-state index contributed by atoms with van der Waals surface area (Å²) in [5.74, 6) is -1.40. The largest absolute Gasteiger partial charge is 0.469 e. The molecule has 3 aromatic rings. The number of nitro groups is 1. The Balaban J connectivity index is 1.82. The second-order valence-electron chi connectivity index (χ2n) is 8.24. The maximum Gasteiger partial charge on any atom is 0.343 e. The Labute approximate surface area is 191 Å². The Morgan fingerprint density at radius 2 is 2.12 bits per heavy atom. The standard InChI is InChI=1S/C23H19N3O8/c1-3-23(30)15-8-18-20-13(7-11-6-12(26(31)32)4-5-16(11)24-20)17(9-19(27)33-2)25(18)21(28)14(15)10-34-22(23)29/h4-8,17,30H,3,9-10H2,1-2H3/t17?,23-/m0/s1. The summed E-state index contributed by atoms with van der Waals surface area (Å²) in [5.41, 5.74) is -0.690. The second-order valence-corrected chi connectivity index (χ2v) is 8.24. The van der Waals surface area contributed by atoms with Crippen LogP contribution in [0.3, 0.4) is 0 Å². The predicted molar refractivity (Wildman–Crippen MR) is 117 cm³/mol. The number of ether oxygens (including phenoxy) is 2. The minimum Gasteiger partial charge on any atom is -0.469 e. The third-order valence-corrected chi connectivity index (χ3v) is 6.52. The number of non-ortho nitro benzene ring substituents is 1. The number of nitro benzene ring substituents is 1. The molecule has 11 nitrogen and oxygen atoms in total. The fourth-order valence-electron chi connectivity index (χ4n) is 4.70. The van der Waals surface area contributed by atoms with Crippen molar-refractivity contribution in [3.05, 3.63) is 67.5 Å². The van der Waals surface area contributed by atoms with Crippen LogP contribution in [0, 0.1) is 10.1 Å². The van der Waals surface area contributed by atoms with Crippen molar-refractivity contribution in [1.82, 2.24) is 9.55 Å². The highest BCUT2D eigenvalue weighted by molar-refractivity contribution is 5.88. The topological polar surface area (TPSA) is 151 Å². The highest BCUT2D eigenvalue weighted by Gasteiger charge is 2.46. The van der Waals surface area contributed by atoms with Crippen molar-refractivity contribution in [3.63, 3.8) is 0 Å². The number of aliphatic hydroxyl groups is 1. The van der Waals surface area contributed by atoms with E-state index in [1.807, 2.05) is 0 Å². The van der Waals surface area contributed by atoms with Crippen molar-refractivity contribution >= 4 is 28.5 Å². The van der Waals surface area contributed by atoms with Gasteiger partial charge in [-0.15, -0.1) is 0 Å². The van der Waals surface area contributed by atoms with E-state index in [9.17, 15) is 29.6 Å². The first-order chi connectivity index (χ1) is 16.2. The SMILES string of the molecule is CC[C@@]1(O)C(=O)OCc2c1cc1n(c2=O)C(CC(=O)OC)c2cc3cc([N+](=O)[O-])ccc3nc2-1. The van der Waals surface area contributed by atoms with E-state index in [-0.39, 0.29) is 36.3 Å². The van der Waals surface area contributed by atoms with Gasteiger partial charge in [-0.1, -0.05) is 6.92 Å². The minimum absolute atomic E-state index is 0.00497. The molecule has 0 aliphatic carbocycles. The zero-order valence-corrected chi connectivity index (χ0v) is 18.2. The number of rotatable bonds is 4. The van der Waals surface area contributed by atoms with Gasteiger partial charge in [-0.2, -0.15) is 0 Å². The van der Waals surface area contributed by atoms with Gasteiger partial charge in [0.25, 0.3) is 11.2 Å². The molecule has 174 valence electrons. The average molecular weight is 465 g/mol. The Kier molecular flexibility index (Phi) is 4.76.